The summed E-state index contributed by atoms with van der Waals surface area (Å²) in [5, 5.41) is 8.31. The number of anilines is 1. The first-order chi connectivity index (χ1) is 14.4. The van der Waals surface area contributed by atoms with E-state index in [1.165, 1.54) is 23.1 Å². The first-order valence-electron chi connectivity index (χ1n) is 9.52. The van der Waals surface area contributed by atoms with Crippen LogP contribution in [0.15, 0.2) is 36.4 Å². The number of likely N-dealkylation sites (N-methyl/N-ethyl adjacent to an activating group) is 1. The van der Waals surface area contributed by atoms with Crippen LogP contribution < -0.4 is 16.0 Å². The molecule has 2 atom stereocenters. The summed E-state index contributed by atoms with van der Waals surface area (Å²) in [7, 11) is 1.65. The minimum absolute atomic E-state index is 0.136. The van der Waals surface area contributed by atoms with Crippen LogP contribution in [0.5, 0.6) is 0 Å². The van der Waals surface area contributed by atoms with Crippen molar-refractivity contribution in [1.82, 2.24) is 15.5 Å². The first-order valence-corrected chi connectivity index (χ1v) is 9.52. The average molecular weight is 414 g/mol. The second kappa shape index (κ2) is 7.83. The molecule has 3 N–H and O–H groups in total. The van der Waals surface area contributed by atoms with Gasteiger partial charge in [0.15, 0.2) is 0 Å². The average Bonchev–Trinajstić information content (AvgIpc) is 3.08. The van der Waals surface area contributed by atoms with Gasteiger partial charge in [-0.1, -0.05) is 6.07 Å². The molecule has 0 radical (unpaired) electrons. The van der Waals surface area contributed by atoms with E-state index >= 15 is 0 Å². The highest BCUT2D eigenvalue weighted by Crippen LogP contribution is 2.33. The molecule has 7 nitrogen and oxygen atoms in total. The van der Waals surface area contributed by atoms with Crippen molar-refractivity contribution in [2.75, 3.05) is 25.5 Å². The van der Waals surface area contributed by atoms with Crippen molar-refractivity contribution in [3.63, 3.8) is 0 Å². The molecule has 4 rings (SSSR count). The molecule has 1 fully saturated rings. The molecule has 1 saturated heterocycles. The van der Waals surface area contributed by atoms with Crippen molar-refractivity contribution in [3.05, 3.63) is 53.6 Å². The molecular formula is C21H20F2N4O3. The highest BCUT2D eigenvalue weighted by atomic mass is 19.1. The van der Waals surface area contributed by atoms with Crippen LogP contribution >= 0.6 is 0 Å². The van der Waals surface area contributed by atoms with E-state index in [0.29, 0.717) is 17.7 Å². The van der Waals surface area contributed by atoms with Crippen LogP contribution in [-0.4, -0.2) is 54.8 Å². The highest BCUT2D eigenvalue weighted by molar-refractivity contribution is 6.10. The molecule has 0 aromatic heterocycles. The van der Waals surface area contributed by atoms with Gasteiger partial charge in [-0.15, -0.1) is 0 Å². The topological polar surface area (TPSA) is 90.5 Å². The maximum absolute atomic E-state index is 14.2. The number of hydrogen-bond acceptors (Lipinski definition) is 4. The SMILES string of the molecule is CNCC(=O)N[C@H]1C[C@H]2C(=O)Nc3ccc(-c4ccc(F)cc4F)cc3C(=O)N2C1. The molecule has 9 heteroatoms. The Kier molecular flexibility index (Phi) is 5.21. The van der Waals surface area contributed by atoms with Crippen LogP contribution in [0.3, 0.4) is 0 Å². The third-order valence-corrected chi connectivity index (χ3v) is 5.32. The number of hydrogen-bond donors (Lipinski definition) is 3. The lowest BCUT2D eigenvalue weighted by Crippen LogP contribution is -2.42. The Morgan fingerprint density at radius 1 is 1.17 bits per heavy atom. The zero-order chi connectivity index (χ0) is 21.4. The largest absolute Gasteiger partial charge is 0.350 e. The van der Waals surface area contributed by atoms with E-state index in [2.05, 4.69) is 16.0 Å². The van der Waals surface area contributed by atoms with E-state index < -0.39 is 17.7 Å². The van der Waals surface area contributed by atoms with E-state index in [1.54, 1.807) is 13.1 Å². The molecule has 156 valence electrons. The number of benzene rings is 2. The van der Waals surface area contributed by atoms with Gasteiger partial charge in [0.05, 0.1) is 17.8 Å². The number of nitrogens with zero attached hydrogens (tertiary/aromatic N) is 1. The van der Waals surface area contributed by atoms with Crippen molar-refractivity contribution in [3.8, 4) is 11.1 Å². The number of nitrogens with one attached hydrogen (secondary N) is 3. The van der Waals surface area contributed by atoms with Crippen LogP contribution in [0.2, 0.25) is 0 Å². The number of fused-ring (bicyclic) bond motifs is 2. The third kappa shape index (κ3) is 3.63. The minimum atomic E-state index is -0.744. The van der Waals surface area contributed by atoms with Crippen LogP contribution in [0.4, 0.5) is 14.5 Å². The smallest absolute Gasteiger partial charge is 0.256 e. The fourth-order valence-electron chi connectivity index (χ4n) is 3.94. The van der Waals surface area contributed by atoms with Gasteiger partial charge in [-0.05, 0) is 43.3 Å². The molecule has 0 unspecified atom stereocenters. The number of halogens is 2. The Labute approximate surface area is 171 Å². The number of amides is 3. The lowest BCUT2D eigenvalue weighted by molar-refractivity contribution is -0.121. The standard InChI is InChI=1S/C21H20F2N4O3/c1-24-9-19(28)25-13-8-18-20(29)26-17-5-2-11(6-15(17)21(30)27(18)10-13)14-4-3-12(22)7-16(14)23/h2-7,13,18,24H,8-10H2,1H3,(H,25,28)(H,26,29)/t13-,18-/m0/s1. The molecule has 0 aliphatic carbocycles. The van der Waals surface area contributed by atoms with Crippen molar-refractivity contribution >= 4 is 23.4 Å². The quantitative estimate of drug-likeness (QED) is 0.707. The van der Waals surface area contributed by atoms with Gasteiger partial charge in [-0.2, -0.15) is 0 Å². The van der Waals surface area contributed by atoms with Gasteiger partial charge in [0.25, 0.3) is 5.91 Å². The monoisotopic (exact) mass is 414 g/mol. The van der Waals surface area contributed by atoms with Crippen molar-refractivity contribution in [2.45, 2.75) is 18.5 Å². The Morgan fingerprint density at radius 3 is 2.70 bits per heavy atom. The molecule has 2 aromatic carbocycles. The zero-order valence-electron chi connectivity index (χ0n) is 16.2. The maximum atomic E-state index is 14.2. The van der Waals surface area contributed by atoms with Crippen molar-refractivity contribution < 1.29 is 23.2 Å². The summed E-state index contributed by atoms with van der Waals surface area (Å²) in [4.78, 5) is 39.2. The summed E-state index contributed by atoms with van der Waals surface area (Å²) in [5.41, 5.74) is 1.10. The van der Waals surface area contributed by atoms with Crippen LogP contribution in [-0.2, 0) is 9.59 Å². The fourth-order valence-corrected chi connectivity index (χ4v) is 3.94. The lowest BCUT2D eigenvalue weighted by Gasteiger charge is -2.20. The van der Waals surface area contributed by atoms with Crippen LogP contribution in [0.1, 0.15) is 16.8 Å². The highest BCUT2D eigenvalue weighted by Gasteiger charge is 2.43. The summed E-state index contributed by atoms with van der Waals surface area (Å²) in [5.74, 6) is -2.38. The van der Waals surface area contributed by atoms with E-state index in [9.17, 15) is 23.2 Å². The molecule has 2 aliphatic heterocycles. The second-order valence-electron chi connectivity index (χ2n) is 7.38. The van der Waals surface area contributed by atoms with Gasteiger partial charge in [0.1, 0.15) is 17.7 Å². The number of rotatable bonds is 4. The Morgan fingerprint density at radius 2 is 1.97 bits per heavy atom. The van der Waals surface area contributed by atoms with Gasteiger partial charge in [-0.25, -0.2) is 8.78 Å². The molecule has 2 heterocycles. The molecule has 0 bridgehead atoms. The van der Waals surface area contributed by atoms with E-state index in [-0.39, 0.29) is 48.0 Å². The van der Waals surface area contributed by atoms with Crippen molar-refractivity contribution in [1.29, 1.82) is 0 Å². The molecular weight excluding hydrogens is 394 g/mol. The van der Waals surface area contributed by atoms with Gasteiger partial charge >= 0.3 is 0 Å². The van der Waals surface area contributed by atoms with Crippen LogP contribution in [0.25, 0.3) is 11.1 Å². The summed E-state index contributed by atoms with van der Waals surface area (Å²) in [6.07, 6.45) is 0.306. The summed E-state index contributed by atoms with van der Waals surface area (Å²) in [6, 6.07) is 6.77. The van der Waals surface area contributed by atoms with Gasteiger partial charge in [0, 0.05) is 24.2 Å². The van der Waals surface area contributed by atoms with E-state index in [4.69, 9.17) is 0 Å². The Bertz CT molecular complexity index is 1040. The summed E-state index contributed by atoms with van der Waals surface area (Å²) >= 11 is 0. The predicted molar refractivity (Wildman–Crippen MR) is 106 cm³/mol. The maximum Gasteiger partial charge on any atom is 0.256 e. The third-order valence-electron chi connectivity index (χ3n) is 5.32. The number of carbonyl (C=O) groups excluding carboxylic acids is 3. The molecule has 0 spiro atoms. The van der Waals surface area contributed by atoms with Gasteiger partial charge < -0.3 is 20.9 Å². The van der Waals surface area contributed by atoms with E-state index in [0.717, 1.165) is 12.1 Å². The summed E-state index contributed by atoms with van der Waals surface area (Å²) in [6.45, 7) is 0.331. The lowest BCUT2D eigenvalue weighted by atomic mass is 10.0. The zero-order valence-corrected chi connectivity index (χ0v) is 16.2. The molecule has 0 saturated carbocycles. The van der Waals surface area contributed by atoms with Crippen LogP contribution in [0, 0.1) is 11.6 Å². The molecule has 2 aromatic rings. The van der Waals surface area contributed by atoms with Gasteiger partial charge in [-0.3, -0.25) is 14.4 Å². The Hall–Kier alpha value is -3.33. The minimum Gasteiger partial charge on any atom is -0.350 e. The fraction of sp³-hybridized carbons (Fsp3) is 0.286. The normalized spacial score (nSPS) is 20.3. The first kappa shape index (κ1) is 20.0. The summed E-state index contributed by atoms with van der Waals surface area (Å²) < 4.78 is 27.4. The molecule has 3 amide bonds. The second-order valence-corrected chi connectivity index (χ2v) is 7.38. The van der Waals surface area contributed by atoms with Gasteiger partial charge in [0.2, 0.25) is 11.8 Å². The number of carbonyl (C=O) groups is 3. The predicted octanol–water partition coefficient (Wildman–Crippen LogP) is 1.50. The molecule has 30 heavy (non-hydrogen) atoms. The van der Waals surface area contributed by atoms with E-state index in [1.807, 2.05) is 0 Å². The Balaban J connectivity index is 1.64. The van der Waals surface area contributed by atoms with Crippen molar-refractivity contribution in [2.24, 2.45) is 0 Å². The molecule has 2 aliphatic rings.